The summed E-state index contributed by atoms with van der Waals surface area (Å²) < 4.78 is 10.5. The number of ketones is 1. The molecule has 0 bridgehead atoms. The van der Waals surface area contributed by atoms with Gasteiger partial charge in [0.2, 0.25) is 0 Å². The third-order valence-electron chi connectivity index (χ3n) is 4.19. The lowest BCUT2D eigenvalue weighted by Gasteiger charge is -2.11. The van der Waals surface area contributed by atoms with Crippen molar-refractivity contribution in [3.05, 3.63) is 76.5 Å². The molecule has 0 amide bonds. The van der Waals surface area contributed by atoms with Gasteiger partial charge >= 0.3 is 6.16 Å². The van der Waals surface area contributed by atoms with Crippen molar-refractivity contribution in [3.63, 3.8) is 0 Å². The molecule has 0 saturated carbocycles. The van der Waals surface area contributed by atoms with E-state index in [1.807, 2.05) is 62.4 Å². The number of hydrogen-bond acceptors (Lipinski definition) is 4. The first-order valence-corrected chi connectivity index (χ1v) is 8.27. The fourth-order valence-corrected chi connectivity index (χ4v) is 2.98. The molecule has 2 aromatic rings. The molecule has 0 N–H and O–H groups in total. The van der Waals surface area contributed by atoms with Crippen molar-refractivity contribution in [3.8, 4) is 0 Å². The quantitative estimate of drug-likeness (QED) is 0.757. The molecular formula is C21H20O4. The van der Waals surface area contributed by atoms with Crippen molar-refractivity contribution in [1.82, 2.24) is 0 Å². The number of Topliss-reactive ketones (excluding diaryl/α,β-unsaturated/α-hetero) is 1. The Morgan fingerprint density at radius 2 is 1.80 bits per heavy atom. The highest BCUT2D eigenvalue weighted by atomic mass is 16.7. The molecule has 0 spiro atoms. The second-order valence-electron chi connectivity index (χ2n) is 6.17. The Labute approximate surface area is 147 Å². The first kappa shape index (κ1) is 17.0. The molecular weight excluding hydrogens is 316 g/mol. The van der Waals surface area contributed by atoms with Crippen LogP contribution in [0, 0.1) is 13.8 Å². The van der Waals surface area contributed by atoms with Crippen molar-refractivity contribution >= 4 is 17.5 Å². The van der Waals surface area contributed by atoms with Crippen LogP contribution in [0.15, 0.2) is 54.3 Å². The summed E-state index contributed by atoms with van der Waals surface area (Å²) in [5, 5.41) is 0. The van der Waals surface area contributed by atoms with Crippen LogP contribution in [0.4, 0.5) is 4.79 Å². The highest BCUT2D eigenvalue weighted by molar-refractivity contribution is 6.23. The number of carbonyl (C=O) groups is 2. The van der Waals surface area contributed by atoms with Crippen LogP contribution >= 0.6 is 0 Å². The largest absolute Gasteiger partial charge is 0.513 e. The first-order chi connectivity index (χ1) is 12.0. The molecule has 4 nitrogen and oxygen atoms in total. The highest BCUT2D eigenvalue weighted by Crippen LogP contribution is 2.34. The van der Waals surface area contributed by atoms with E-state index in [2.05, 4.69) is 0 Å². The van der Waals surface area contributed by atoms with Gasteiger partial charge in [-0.2, -0.15) is 0 Å². The molecule has 0 aliphatic heterocycles. The minimum absolute atomic E-state index is 0.00203. The second kappa shape index (κ2) is 7.34. The van der Waals surface area contributed by atoms with E-state index in [-0.39, 0.29) is 12.4 Å². The predicted molar refractivity (Wildman–Crippen MR) is 94.8 cm³/mol. The van der Waals surface area contributed by atoms with Crippen LogP contribution in [0.1, 0.15) is 35.1 Å². The van der Waals surface area contributed by atoms with Crippen molar-refractivity contribution in [2.75, 3.05) is 0 Å². The SMILES string of the molecule is Cc1ccc(C2=C(OC(=O)OCc3ccccc3)CCC2=O)c(C)c1. The fraction of sp³-hybridized carbons (Fsp3) is 0.238. The summed E-state index contributed by atoms with van der Waals surface area (Å²) in [4.78, 5) is 24.3. The van der Waals surface area contributed by atoms with E-state index in [1.165, 1.54) is 0 Å². The van der Waals surface area contributed by atoms with E-state index in [1.54, 1.807) is 0 Å². The Morgan fingerprint density at radius 1 is 1.04 bits per heavy atom. The number of allylic oxidation sites excluding steroid dienone is 2. The topological polar surface area (TPSA) is 52.6 Å². The monoisotopic (exact) mass is 336 g/mol. The molecule has 0 fully saturated rings. The van der Waals surface area contributed by atoms with Crippen molar-refractivity contribution in [2.45, 2.75) is 33.3 Å². The number of carbonyl (C=O) groups excluding carboxylic acids is 2. The normalized spacial score (nSPS) is 13.9. The Balaban J connectivity index is 1.75. The maximum Gasteiger partial charge on any atom is 0.513 e. The molecule has 0 atom stereocenters. The average molecular weight is 336 g/mol. The van der Waals surface area contributed by atoms with Crippen molar-refractivity contribution in [1.29, 1.82) is 0 Å². The Hall–Kier alpha value is -2.88. The first-order valence-electron chi connectivity index (χ1n) is 8.27. The lowest BCUT2D eigenvalue weighted by Crippen LogP contribution is -2.08. The van der Waals surface area contributed by atoms with Gasteiger partial charge in [-0.15, -0.1) is 0 Å². The van der Waals surface area contributed by atoms with Crippen LogP contribution in [0.5, 0.6) is 0 Å². The summed E-state index contributed by atoms with van der Waals surface area (Å²) in [6.45, 7) is 4.09. The third kappa shape index (κ3) is 3.97. The summed E-state index contributed by atoms with van der Waals surface area (Å²) in [5.41, 5.74) is 4.31. The summed E-state index contributed by atoms with van der Waals surface area (Å²) in [6, 6.07) is 15.3. The Bertz CT molecular complexity index is 834. The number of ether oxygens (including phenoxy) is 2. The Morgan fingerprint density at radius 3 is 2.52 bits per heavy atom. The van der Waals surface area contributed by atoms with E-state index < -0.39 is 6.16 Å². The van der Waals surface area contributed by atoms with Gasteiger partial charge in [-0.05, 0) is 30.5 Å². The molecule has 25 heavy (non-hydrogen) atoms. The van der Waals surface area contributed by atoms with E-state index in [0.29, 0.717) is 24.2 Å². The van der Waals surface area contributed by atoms with Crippen molar-refractivity contribution in [2.24, 2.45) is 0 Å². The van der Waals surface area contributed by atoms with E-state index >= 15 is 0 Å². The standard InChI is InChI=1S/C21H20O4/c1-14-8-9-17(15(2)12-14)20-18(22)10-11-19(20)25-21(23)24-13-16-6-4-3-5-7-16/h3-9,12H,10-11,13H2,1-2H3. The summed E-state index contributed by atoms with van der Waals surface area (Å²) in [7, 11) is 0. The van der Waals surface area contributed by atoms with Gasteiger partial charge in [0.15, 0.2) is 5.78 Å². The molecule has 128 valence electrons. The molecule has 0 unspecified atom stereocenters. The molecule has 2 aromatic carbocycles. The lowest BCUT2D eigenvalue weighted by atomic mass is 9.97. The minimum atomic E-state index is -0.782. The molecule has 3 rings (SSSR count). The number of benzene rings is 2. The van der Waals surface area contributed by atoms with Crippen LogP contribution in [0.25, 0.3) is 5.57 Å². The van der Waals surface area contributed by atoms with Gasteiger partial charge in [-0.3, -0.25) is 4.79 Å². The molecule has 0 aromatic heterocycles. The zero-order chi connectivity index (χ0) is 17.8. The molecule has 1 aliphatic carbocycles. The summed E-state index contributed by atoms with van der Waals surface area (Å²) in [5.74, 6) is 0.396. The maximum atomic E-state index is 12.3. The number of hydrogen-bond donors (Lipinski definition) is 0. The maximum absolute atomic E-state index is 12.3. The van der Waals surface area contributed by atoms with Crippen molar-refractivity contribution < 1.29 is 19.1 Å². The van der Waals surface area contributed by atoms with Gasteiger partial charge in [0, 0.05) is 12.8 Å². The predicted octanol–water partition coefficient (Wildman–Crippen LogP) is 4.73. The van der Waals surface area contributed by atoms with E-state index in [0.717, 1.165) is 22.3 Å². The average Bonchev–Trinajstić information content (AvgIpc) is 2.94. The third-order valence-corrected chi connectivity index (χ3v) is 4.19. The fourth-order valence-electron chi connectivity index (χ4n) is 2.98. The molecule has 0 radical (unpaired) electrons. The molecule has 0 heterocycles. The number of aryl methyl sites for hydroxylation is 2. The zero-order valence-corrected chi connectivity index (χ0v) is 14.4. The molecule has 4 heteroatoms. The van der Waals surface area contributed by atoms with Gasteiger partial charge in [-0.25, -0.2) is 4.79 Å². The van der Waals surface area contributed by atoms with Gasteiger partial charge in [0.1, 0.15) is 12.4 Å². The van der Waals surface area contributed by atoms with Gasteiger partial charge in [-0.1, -0.05) is 54.1 Å². The lowest BCUT2D eigenvalue weighted by molar-refractivity contribution is -0.113. The minimum Gasteiger partial charge on any atom is -0.429 e. The highest BCUT2D eigenvalue weighted by Gasteiger charge is 2.28. The molecule has 0 saturated heterocycles. The summed E-state index contributed by atoms with van der Waals surface area (Å²) in [6.07, 6.45) is -0.0119. The van der Waals surface area contributed by atoms with E-state index in [9.17, 15) is 9.59 Å². The summed E-state index contributed by atoms with van der Waals surface area (Å²) >= 11 is 0. The number of rotatable bonds is 4. The van der Waals surface area contributed by atoms with Gasteiger partial charge < -0.3 is 9.47 Å². The van der Waals surface area contributed by atoms with Crippen LogP contribution in [-0.2, 0) is 20.9 Å². The molecule has 1 aliphatic rings. The Kier molecular flexibility index (Phi) is 4.98. The van der Waals surface area contributed by atoms with Crippen LogP contribution in [0.2, 0.25) is 0 Å². The van der Waals surface area contributed by atoms with Gasteiger partial charge in [0.25, 0.3) is 0 Å². The van der Waals surface area contributed by atoms with E-state index in [4.69, 9.17) is 9.47 Å². The second-order valence-corrected chi connectivity index (χ2v) is 6.17. The van der Waals surface area contributed by atoms with Gasteiger partial charge in [0.05, 0.1) is 5.57 Å². The van der Waals surface area contributed by atoms with Crippen LogP contribution in [0.3, 0.4) is 0 Å². The van der Waals surface area contributed by atoms with Crippen LogP contribution < -0.4 is 0 Å². The smallest absolute Gasteiger partial charge is 0.429 e. The van der Waals surface area contributed by atoms with Crippen LogP contribution in [-0.4, -0.2) is 11.9 Å². The zero-order valence-electron chi connectivity index (χ0n) is 14.4.